The molecule has 0 aromatic heterocycles. The van der Waals surface area contributed by atoms with Crippen LogP contribution in [-0.4, -0.2) is 12.6 Å². The highest BCUT2D eigenvalue weighted by atomic mass is 16.5. The van der Waals surface area contributed by atoms with Crippen molar-refractivity contribution in [3.8, 4) is 0 Å². The highest BCUT2D eigenvalue weighted by Crippen LogP contribution is 2.64. The average Bonchev–Trinajstić information content (AvgIpc) is 2.74. The molecule has 2 heteroatoms. The van der Waals surface area contributed by atoms with Crippen LogP contribution in [0.4, 0.5) is 0 Å². The highest BCUT2D eigenvalue weighted by molar-refractivity contribution is 5.84. The Bertz CT molecular complexity index is 368. The summed E-state index contributed by atoms with van der Waals surface area (Å²) in [5.41, 5.74) is 1.04. The smallest absolute Gasteiger partial charge is 0.316 e. The van der Waals surface area contributed by atoms with E-state index in [4.69, 9.17) is 4.74 Å². The van der Waals surface area contributed by atoms with Gasteiger partial charge in [0.25, 0.3) is 0 Å². The summed E-state index contributed by atoms with van der Waals surface area (Å²) in [7, 11) is 0. The maximum atomic E-state index is 12.1. The second kappa shape index (κ2) is 3.37. The molecule has 0 N–H and O–H groups in total. The number of rotatable bonds is 0. The van der Waals surface area contributed by atoms with E-state index in [0.29, 0.717) is 17.9 Å². The minimum Gasteiger partial charge on any atom is -0.460 e. The van der Waals surface area contributed by atoms with E-state index in [2.05, 4.69) is 20.4 Å². The van der Waals surface area contributed by atoms with E-state index >= 15 is 0 Å². The van der Waals surface area contributed by atoms with Crippen LogP contribution >= 0.6 is 0 Å². The van der Waals surface area contributed by atoms with E-state index in [-0.39, 0.29) is 11.4 Å². The van der Waals surface area contributed by atoms with Crippen molar-refractivity contribution in [1.29, 1.82) is 0 Å². The molecule has 94 valence electrons. The van der Waals surface area contributed by atoms with Crippen LogP contribution < -0.4 is 0 Å². The molecule has 0 amide bonds. The first kappa shape index (κ1) is 11.3. The first-order chi connectivity index (χ1) is 7.99. The van der Waals surface area contributed by atoms with Gasteiger partial charge in [0.15, 0.2) is 0 Å². The van der Waals surface area contributed by atoms with Crippen LogP contribution in [0, 0.1) is 22.7 Å². The Labute approximate surface area is 103 Å². The molecule has 1 aliphatic heterocycles. The quantitative estimate of drug-likeness (QED) is 0.475. The van der Waals surface area contributed by atoms with Crippen molar-refractivity contribution < 1.29 is 9.53 Å². The van der Waals surface area contributed by atoms with Crippen LogP contribution in [0.15, 0.2) is 12.2 Å². The summed E-state index contributed by atoms with van der Waals surface area (Å²) in [5.74, 6) is 1.42. The fraction of sp³-hybridized carbons (Fsp3) is 0.800. The summed E-state index contributed by atoms with van der Waals surface area (Å²) >= 11 is 0. The van der Waals surface area contributed by atoms with Crippen LogP contribution in [0.25, 0.3) is 0 Å². The van der Waals surface area contributed by atoms with E-state index in [9.17, 15) is 4.79 Å². The molecule has 0 aromatic rings. The molecule has 3 fully saturated rings. The monoisotopic (exact) mass is 234 g/mol. The summed E-state index contributed by atoms with van der Waals surface area (Å²) in [6.45, 7) is 9.30. The van der Waals surface area contributed by atoms with E-state index in [1.807, 2.05) is 0 Å². The summed E-state index contributed by atoms with van der Waals surface area (Å²) in [6.07, 6.45) is 5.88. The number of ether oxygens (including phenoxy) is 1. The lowest BCUT2D eigenvalue weighted by Gasteiger charge is -2.42. The third-order valence-electron chi connectivity index (χ3n) is 5.97. The zero-order valence-electron chi connectivity index (χ0n) is 10.9. The molecule has 0 radical (unpaired) electrons. The van der Waals surface area contributed by atoms with Crippen LogP contribution in [0.3, 0.4) is 0 Å². The Hall–Kier alpha value is -0.790. The van der Waals surface area contributed by atoms with E-state index in [0.717, 1.165) is 24.3 Å². The minimum atomic E-state index is -0.321. The molecule has 3 rings (SSSR count). The molecule has 3 aliphatic rings. The van der Waals surface area contributed by atoms with E-state index in [1.54, 1.807) is 0 Å². The van der Waals surface area contributed by atoms with Gasteiger partial charge in [-0.15, -0.1) is 0 Å². The van der Waals surface area contributed by atoms with Crippen molar-refractivity contribution in [2.75, 3.05) is 6.61 Å². The standard InChI is InChI=1S/C15H22O2/c1-10-5-4-6-12-7-15(9-14(10,12)3)11(2)8-17-13(15)16/h10,12H,2,4-9H2,1,3H3/t10-,12+,14+,15+/m0/s1. The van der Waals surface area contributed by atoms with Crippen molar-refractivity contribution in [3.63, 3.8) is 0 Å². The summed E-state index contributed by atoms with van der Waals surface area (Å²) in [5, 5.41) is 0. The predicted molar refractivity (Wildman–Crippen MR) is 66.4 cm³/mol. The van der Waals surface area contributed by atoms with Gasteiger partial charge in [0, 0.05) is 0 Å². The Morgan fingerprint density at radius 2 is 2.18 bits per heavy atom. The van der Waals surface area contributed by atoms with Gasteiger partial charge < -0.3 is 4.74 Å². The van der Waals surface area contributed by atoms with Gasteiger partial charge in [0.05, 0.1) is 5.41 Å². The van der Waals surface area contributed by atoms with Crippen LogP contribution in [0.2, 0.25) is 0 Å². The zero-order chi connectivity index (χ0) is 12.3. The van der Waals surface area contributed by atoms with Crippen molar-refractivity contribution in [2.45, 2.75) is 46.0 Å². The lowest BCUT2D eigenvalue weighted by Crippen LogP contribution is -2.34. The fourth-order valence-corrected chi connectivity index (χ4v) is 4.53. The molecule has 0 aromatic carbocycles. The van der Waals surface area contributed by atoms with E-state index in [1.165, 1.54) is 19.3 Å². The summed E-state index contributed by atoms with van der Waals surface area (Å²) < 4.78 is 5.25. The van der Waals surface area contributed by atoms with Gasteiger partial charge in [0.2, 0.25) is 0 Å². The molecule has 4 atom stereocenters. The Kier molecular flexibility index (Phi) is 2.24. The zero-order valence-corrected chi connectivity index (χ0v) is 10.9. The number of carbonyl (C=O) groups excluding carboxylic acids is 1. The molecule has 0 unspecified atom stereocenters. The van der Waals surface area contributed by atoms with E-state index < -0.39 is 0 Å². The topological polar surface area (TPSA) is 26.3 Å². The molecule has 1 spiro atoms. The first-order valence-electron chi connectivity index (χ1n) is 6.84. The van der Waals surface area contributed by atoms with Gasteiger partial charge in [-0.2, -0.15) is 0 Å². The maximum Gasteiger partial charge on any atom is 0.316 e. The third kappa shape index (κ3) is 1.30. The number of esters is 1. The van der Waals surface area contributed by atoms with Crippen molar-refractivity contribution >= 4 is 5.97 Å². The molecule has 2 nitrogen and oxygen atoms in total. The van der Waals surface area contributed by atoms with Crippen LogP contribution in [-0.2, 0) is 9.53 Å². The fourth-order valence-electron chi connectivity index (χ4n) is 4.53. The number of cyclic esters (lactones) is 1. The molecule has 1 heterocycles. The van der Waals surface area contributed by atoms with Gasteiger partial charge in [-0.1, -0.05) is 33.3 Å². The molecule has 1 saturated heterocycles. The predicted octanol–water partition coefficient (Wildman–Crippen LogP) is 3.32. The Morgan fingerprint density at radius 1 is 1.41 bits per heavy atom. The van der Waals surface area contributed by atoms with Gasteiger partial charge in [-0.3, -0.25) is 4.79 Å². The van der Waals surface area contributed by atoms with Crippen LogP contribution in [0.1, 0.15) is 46.0 Å². The second-order valence-electron chi connectivity index (χ2n) is 6.68. The molecule has 2 aliphatic carbocycles. The number of fused-ring (bicyclic) bond motifs is 1. The molecule has 0 bridgehead atoms. The lowest BCUT2D eigenvalue weighted by molar-refractivity contribution is -0.146. The number of hydrogen-bond acceptors (Lipinski definition) is 2. The number of hydrogen-bond donors (Lipinski definition) is 0. The normalized spacial score (nSPS) is 49.5. The first-order valence-corrected chi connectivity index (χ1v) is 6.84. The van der Waals surface area contributed by atoms with Gasteiger partial charge in [-0.05, 0) is 42.1 Å². The lowest BCUT2D eigenvalue weighted by atomic mass is 9.63. The van der Waals surface area contributed by atoms with Gasteiger partial charge >= 0.3 is 5.97 Å². The summed E-state index contributed by atoms with van der Waals surface area (Å²) in [6, 6.07) is 0. The Balaban J connectivity index is 1.98. The Morgan fingerprint density at radius 3 is 2.76 bits per heavy atom. The molecule has 17 heavy (non-hydrogen) atoms. The van der Waals surface area contributed by atoms with Crippen molar-refractivity contribution in [3.05, 3.63) is 12.2 Å². The summed E-state index contributed by atoms with van der Waals surface area (Å²) in [4.78, 5) is 12.1. The van der Waals surface area contributed by atoms with Crippen molar-refractivity contribution in [1.82, 2.24) is 0 Å². The third-order valence-corrected chi connectivity index (χ3v) is 5.97. The minimum absolute atomic E-state index is 0.00493. The molecule has 2 saturated carbocycles. The molecular weight excluding hydrogens is 212 g/mol. The SMILES string of the molecule is C=C1COC(=O)[C@@]12C[C@H]1CCC[C@H](C)[C@@]1(C)C2. The van der Waals surface area contributed by atoms with Gasteiger partial charge in [-0.25, -0.2) is 0 Å². The number of carbonyl (C=O) groups is 1. The largest absolute Gasteiger partial charge is 0.460 e. The average molecular weight is 234 g/mol. The van der Waals surface area contributed by atoms with Crippen LogP contribution in [0.5, 0.6) is 0 Å². The molecular formula is C15H22O2. The van der Waals surface area contributed by atoms with Gasteiger partial charge in [0.1, 0.15) is 6.61 Å². The second-order valence-corrected chi connectivity index (χ2v) is 6.68. The maximum absolute atomic E-state index is 12.1. The van der Waals surface area contributed by atoms with Crippen molar-refractivity contribution in [2.24, 2.45) is 22.7 Å². The highest BCUT2D eigenvalue weighted by Gasteiger charge is 2.61.